The summed E-state index contributed by atoms with van der Waals surface area (Å²) in [5, 5.41) is 2.77. The van der Waals surface area contributed by atoms with Crippen LogP contribution in [0.2, 0.25) is 0 Å². The lowest BCUT2D eigenvalue weighted by Gasteiger charge is -2.13. The molecule has 1 unspecified atom stereocenters. The molecule has 0 bridgehead atoms. The van der Waals surface area contributed by atoms with E-state index in [1.165, 1.54) is 0 Å². The first-order valence-electron chi connectivity index (χ1n) is 3.48. The van der Waals surface area contributed by atoms with Gasteiger partial charge in [-0.2, -0.15) is 0 Å². The second kappa shape index (κ2) is 4.72. The zero-order chi connectivity index (χ0) is 9.02. The van der Waals surface area contributed by atoms with Crippen molar-refractivity contribution in [3.63, 3.8) is 0 Å². The minimum Gasteiger partial charge on any atom is -0.362 e. The zero-order valence-electron chi connectivity index (χ0n) is 6.92. The number of carbonyl (C=O) groups excluding carboxylic acids is 1. The van der Waals surface area contributed by atoms with E-state index in [1.54, 1.807) is 6.92 Å². The molecule has 0 radical (unpaired) electrons. The molecule has 0 saturated carbocycles. The van der Waals surface area contributed by atoms with Gasteiger partial charge in [0.05, 0.1) is 6.04 Å². The molecule has 0 aromatic carbocycles. The van der Waals surface area contributed by atoms with Crippen LogP contribution in [0.1, 0.15) is 20.8 Å². The molecule has 0 rings (SSSR count). The van der Waals surface area contributed by atoms with Crippen molar-refractivity contribution in [1.82, 2.24) is 5.32 Å². The van der Waals surface area contributed by atoms with Crippen LogP contribution in [0.3, 0.4) is 0 Å². The fourth-order valence-electron chi connectivity index (χ4n) is 0.756. The second-order valence-corrected chi connectivity index (χ2v) is 3.89. The lowest BCUT2D eigenvalue weighted by Crippen LogP contribution is -2.37. The molecule has 0 amide bonds. The standard InChI is InChI=1S/C7H13NOS2/c1-4(2)6(9)5(3)8-7(10)11/h4-5H,1-3H3,(H2,8,10,11). The van der Waals surface area contributed by atoms with Crippen LogP contribution in [0.5, 0.6) is 0 Å². The first-order chi connectivity index (χ1) is 4.95. The highest BCUT2D eigenvalue weighted by Crippen LogP contribution is 1.99. The van der Waals surface area contributed by atoms with Crippen LogP contribution < -0.4 is 5.32 Å². The number of rotatable bonds is 3. The maximum Gasteiger partial charge on any atom is 0.157 e. The van der Waals surface area contributed by atoms with E-state index in [9.17, 15) is 4.79 Å². The first-order valence-corrected chi connectivity index (χ1v) is 4.34. The summed E-state index contributed by atoms with van der Waals surface area (Å²) in [6, 6.07) is -0.222. The van der Waals surface area contributed by atoms with E-state index in [-0.39, 0.29) is 17.7 Å². The number of hydrogen-bond donors (Lipinski definition) is 2. The number of nitrogens with one attached hydrogen (secondary N) is 1. The summed E-state index contributed by atoms with van der Waals surface area (Å²) in [6.07, 6.45) is 0. The molecule has 11 heavy (non-hydrogen) atoms. The number of hydrogen-bond acceptors (Lipinski definition) is 2. The van der Waals surface area contributed by atoms with Crippen molar-refractivity contribution in [2.45, 2.75) is 26.8 Å². The van der Waals surface area contributed by atoms with Gasteiger partial charge in [0.15, 0.2) is 5.78 Å². The van der Waals surface area contributed by atoms with Gasteiger partial charge in [0.25, 0.3) is 0 Å². The summed E-state index contributed by atoms with van der Waals surface area (Å²) in [7, 11) is 0. The van der Waals surface area contributed by atoms with Crippen molar-refractivity contribution in [1.29, 1.82) is 0 Å². The average molecular weight is 191 g/mol. The smallest absolute Gasteiger partial charge is 0.157 e. The Bertz CT molecular complexity index is 168. The summed E-state index contributed by atoms with van der Waals surface area (Å²) in [4.78, 5) is 11.2. The van der Waals surface area contributed by atoms with Crippen LogP contribution in [0.25, 0.3) is 0 Å². The predicted molar refractivity (Wildman–Crippen MR) is 54.0 cm³/mol. The third kappa shape index (κ3) is 4.37. The van der Waals surface area contributed by atoms with E-state index in [2.05, 4.69) is 30.2 Å². The Kier molecular flexibility index (Phi) is 4.68. The summed E-state index contributed by atoms with van der Waals surface area (Å²) in [5.41, 5.74) is 0. The molecule has 64 valence electrons. The fraction of sp³-hybridized carbons (Fsp3) is 0.714. The number of carbonyl (C=O) groups is 1. The van der Waals surface area contributed by atoms with Crippen LogP contribution in [-0.4, -0.2) is 16.1 Å². The average Bonchev–Trinajstić information content (AvgIpc) is 1.84. The molecule has 0 aromatic rings. The molecular formula is C7H13NOS2. The molecule has 0 spiro atoms. The second-order valence-electron chi connectivity index (χ2n) is 2.73. The maximum atomic E-state index is 11.2. The SMILES string of the molecule is CC(C)C(=O)C(C)NC(=S)S. The molecule has 0 aliphatic carbocycles. The van der Waals surface area contributed by atoms with Crippen molar-refractivity contribution in [3.05, 3.63) is 0 Å². The molecule has 1 atom stereocenters. The van der Waals surface area contributed by atoms with Gasteiger partial charge in [-0.1, -0.05) is 26.1 Å². The molecule has 4 heteroatoms. The van der Waals surface area contributed by atoms with Gasteiger partial charge in [-0.25, -0.2) is 0 Å². The zero-order valence-corrected chi connectivity index (χ0v) is 8.63. The van der Waals surface area contributed by atoms with Crippen molar-refractivity contribution < 1.29 is 4.79 Å². The van der Waals surface area contributed by atoms with Gasteiger partial charge in [-0.05, 0) is 6.92 Å². The molecule has 0 aliphatic heterocycles. The van der Waals surface area contributed by atoms with Crippen LogP contribution in [0.4, 0.5) is 0 Å². The van der Waals surface area contributed by atoms with Gasteiger partial charge >= 0.3 is 0 Å². The van der Waals surface area contributed by atoms with Crippen molar-refractivity contribution in [3.8, 4) is 0 Å². The minimum absolute atomic E-state index is 0.0418. The molecule has 0 aliphatic rings. The minimum atomic E-state index is -0.222. The van der Waals surface area contributed by atoms with Crippen molar-refractivity contribution in [2.24, 2.45) is 5.92 Å². The number of Topliss-reactive ketones (excluding diaryl/α,β-unsaturated/α-hetero) is 1. The van der Waals surface area contributed by atoms with Gasteiger partial charge in [-0.3, -0.25) is 4.79 Å². The highest BCUT2D eigenvalue weighted by Gasteiger charge is 2.15. The molecule has 0 saturated heterocycles. The topological polar surface area (TPSA) is 29.1 Å². The van der Waals surface area contributed by atoms with Crippen LogP contribution in [-0.2, 0) is 4.79 Å². The number of ketones is 1. The highest BCUT2D eigenvalue weighted by atomic mass is 32.1. The van der Waals surface area contributed by atoms with Crippen molar-refractivity contribution in [2.75, 3.05) is 0 Å². The predicted octanol–water partition coefficient (Wildman–Crippen LogP) is 1.40. The Morgan fingerprint density at radius 1 is 1.45 bits per heavy atom. The molecule has 0 heterocycles. The quantitative estimate of drug-likeness (QED) is 0.522. The number of thiocarbonyl (C=S) groups is 1. The van der Waals surface area contributed by atoms with Crippen LogP contribution in [0.15, 0.2) is 0 Å². The monoisotopic (exact) mass is 191 g/mol. The van der Waals surface area contributed by atoms with E-state index in [4.69, 9.17) is 0 Å². The fourth-order valence-corrected chi connectivity index (χ4v) is 1.13. The Morgan fingerprint density at radius 2 is 1.91 bits per heavy atom. The van der Waals surface area contributed by atoms with Gasteiger partial charge in [0, 0.05) is 5.92 Å². The summed E-state index contributed by atoms with van der Waals surface area (Å²) >= 11 is 8.55. The first kappa shape index (κ1) is 10.9. The summed E-state index contributed by atoms with van der Waals surface area (Å²) < 4.78 is 0.367. The Hall–Kier alpha value is -0.0900. The van der Waals surface area contributed by atoms with E-state index in [0.717, 1.165) is 0 Å². The van der Waals surface area contributed by atoms with E-state index < -0.39 is 0 Å². The van der Waals surface area contributed by atoms with Gasteiger partial charge in [0.2, 0.25) is 0 Å². The van der Waals surface area contributed by atoms with Gasteiger partial charge < -0.3 is 5.32 Å². The molecule has 2 nitrogen and oxygen atoms in total. The largest absolute Gasteiger partial charge is 0.362 e. The van der Waals surface area contributed by atoms with E-state index in [1.807, 2.05) is 13.8 Å². The maximum absolute atomic E-state index is 11.2. The molecule has 1 N–H and O–H groups in total. The summed E-state index contributed by atoms with van der Waals surface area (Å²) in [5.74, 6) is 0.196. The van der Waals surface area contributed by atoms with Gasteiger partial charge in [-0.15, -0.1) is 12.6 Å². The molecule has 0 fully saturated rings. The number of thiol groups is 1. The van der Waals surface area contributed by atoms with Gasteiger partial charge in [0.1, 0.15) is 4.32 Å². The lowest BCUT2D eigenvalue weighted by atomic mass is 10.0. The van der Waals surface area contributed by atoms with Crippen LogP contribution in [0, 0.1) is 5.92 Å². The third-order valence-corrected chi connectivity index (χ3v) is 1.58. The lowest BCUT2D eigenvalue weighted by molar-refractivity contribution is -0.123. The molecular weight excluding hydrogens is 178 g/mol. The van der Waals surface area contributed by atoms with Crippen molar-refractivity contribution >= 4 is 35.0 Å². The summed E-state index contributed by atoms with van der Waals surface area (Å²) in [6.45, 7) is 5.51. The van der Waals surface area contributed by atoms with Crippen LogP contribution >= 0.6 is 24.8 Å². The highest BCUT2D eigenvalue weighted by molar-refractivity contribution is 8.11. The normalized spacial score (nSPS) is 12.8. The Morgan fingerprint density at radius 3 is 2.18 bits per heavy atom. The Labute approximate surface area is 78.2 Å². The Balaban J connectivity index is 3.93. The molecule has 0 aromatic heterocycles. The van der Waals surface area contributed by atoms with E-state index >= 15 is 0 Å². The van der Waals surface area contributed by atoms with E-state index in [0.29, 0.717) is 4.32 Å². The third-order valence-electron chi connectivity index (χ3n) is 1.34.